The quantitative estimate of drug-likeness (QED) is 0.748. The predicted molar refractivity (Wildman–Crippen MR) is 81.8 cm³/mol. The molecule has 2 heterocycles. The van der Waals surface area contributed by atoms with Gasteiger partial charge in [0.2, 0.25) is 0 Å². The van der Waals surface area contributed by atoms with Crippen LogP contribution in [0.3, 0.4) is 0 Å². The molecule has 0 radical (unpaired) electrons. The number of ether oxygens (including phenoxy) is 2. The zero-order valence-corrected chi connectivity index (χ0v) is 13.3. The lowest BCUT2D eigenvalue weighted by molar-refractivity contribution is -0.00677. The zero-order valence-electron chi connectivity index (χ0n) is 12.5. The molecule has 1 aromatic heterocycles. The van der Waals surface area contributed by atoms with Crippen molar-refractivity contribution in [3.8, 4) is 0 Å². The fourth-order valence-corrected chi connectivity index (χ4v) is 2.80. The molecule has 1 aliphatic rings. The van der Waals surface area contributed by atoms with Crippen molar-refractivity contribution in [2.45, 2.75) is 31.4 Å². The van der Waals surface area contributed by atoms with E-state index in [9.17, 15) is 14.0 Å². The molecule has 2 N–H and O–H groups in total. The summed E-state index contributed by atoms with van der Waals surface area (Å²) in [7, 11) is 0. The highest BCUT2D eigenvalue weighted by molar-refractivity contribution is 8.00. The molecular weight excluding hydrogens is 329 g/mol. The van der Waals surface area contributed by atoms with Crippen molar-refractivity contribution in [2.75, 3.05) is 24.3 Å². The highest BCUT2D eigenvalue weighted by Gasteiger charge is 2.28. The summed E-state index contributed by atoms with van der Waals surface area (Å²) in [5, 5.41) is 11.1. The van der Waals surface area contributed by atoms with E-state index in [2.05, 4.69) is 10.3 Å². The molecule has 0 bridgehead atoms. The Hall–Kier alpha value is -1.65. The van der Waals surface area contributed by atoms with E-state index in [1.807, 2.05) is 6.92 Å². The number of nitrogens with zero attached hydrogens (tertiary/aromatic N) is 2. The van der Waals surface area contributed by atoms with Crippen LogP contribution in [-0.2, 0) is 9.47 Å². The summed E-state index contributed by atoms with van der Waals surface area (Å²) in [5.74, 6) is -0.979. The van der Waals surface area contributed by atoms with Crippen LogP contribution in [0.15, 0.2) is 11.0 Å². The summed E-state index contributed by atoms with van der Waals surface area (Å²) >= 11 is 1.31. The van der Waals surface area contributed by atoms with Crippen LogP contribution in [0.1, 0.15) is 26.0 Å². The maximum Gasteiger partial charge on any atom is 0.412 e. The standard InChI is InChI=1S/C13H18FN3O5S/c1-2-3-4-21-13(20)16-11-8(14)5-17(12(19)15-11)9-7-23-10(6-18)22-9/h5,9-10,18H,2-4,6-7H2,1H3,(H,15,16,19,20)/t9-,10+/m1/s1. The first-order valence-electron chi connectivity index (χ1n) is 7.15. The van der Waals surface area contributed by atoms with Gasteiger partial charge in [-0.15, -0.1) is 11.8 Å². The maximum atomic E-state index is 14.0. The maximum absolute atomic E-state index is 14.0. The number of hydrogen-bond acceptors (Lipinski definition) is 7. The van der Waals surface area contributed by atoms with Gasteiger partial charge < -0.3 is 14.6 Å². The summed E-state index contributed by atoms with van der Waals surface area (Å²) in [5.41, 5.74) is -1.22. The third-order valence-electron chi connectivity index (χ3n) is 3.05. The van der Waals surface area contributed by atoms with Gasteiger partial charge in [-0.1, -0.05) is 13.3 Å². The molecule has 2 rings (SSSR count). The van der Waals surface area contributed by atoms with Crippen LogP contribution >= 0.6 is 11.8 Å². The molecule has 1 aliphatic heterocycles. The lowest BCUT2D eigenvalue weighted by Gasteiger charge is -2.14. The Morgan fingerprint density at radius 2 is 2.48 bits per heavy atom. The van der Waals surface area contributed by atoms with Gasteiger partial charge in [0, 0.05) is 5.75 Å². The van der Waals surface area contributed by atoms with E-state index in [0.29, 0.717) is 12.2 Å². The minimum absolute atomic E-state index is 0.199. The number of halogens is 1. The number of thioether (sulfide) groups is 1. The van der Waals surface area contributed by atoms with E-state index < -0.39 is 35.1 Å². The molecule has 10 heteroatoms. The van der Waals surface area contributed by atoms with E-state index in [1.54, 1.807) is 0 Å². The number of nitrogens with one attached hydrogen (secondary N) is 1. The van der Waals surface area contributed by atoms with E-state index in [-0.39, 0.29) is 13.2 Å². The van der Waals surface area contributed by atoms with Crippen molar-refractivity contribution in [1.82, 2.24) is 9.55 Å². The SMILES string of the molecule is CCCCOC(=O)Nc1nc(=O)n([C@H]2CS[C@@H](CO)O2)cc1F. The first kappa shape index (κ1) is 17.7. The Bertz CT molecular complexity index is 612. The number of aliphatic hydroxyl groups excluding tert-OH is 1. The molecule has 0 spiro atoms. The molecule has 1 fully saturated rings. The van der Waals surface area contributed by atoms with E-state index in [1.165, 1.54) is 11.8 Å². The number of aliphatic hydroxyl groups is 1. The minimum Gasteiger partial charge on any atom is -0.449 e. The van der Waals surface area contributed by atoms with Crippen LogP contribution in [0.25, 0.3) is 0 Å². The lowest BCUT2D eigenvalue weighted by Crippen LogP contribution is -2.30. The average molecular weight is 347 g/mol. The van der Waals surface area contributed by atoms with Crippen molar-refractivity contribution in [3.05, 3.63) is 22.5 Å². The van der Waals surface area contributed by atoms with Crippen molar-refractivity contribution in [2.24, 2.45) is 0 Å². The summed E-state index contributed by atoms with van der Waals surface area (Å²) in [6.07, 6.45) is 0.881. The van der Waals surface area contributed by atoms with Crippen LogP contribution in [0.2, 0.25) is 0 Å². The number of aromatic nitrogens is 2. The predicted octanol–water partition coefficient (Wildman–Crippen LogP) is 1.31. The van der Waals surface area contributed by atoms with Crippen LogP contribution in [0.4, 0.5) is 15.0 Å². The smallest absolute Gasteiger partial charge is 0.412 e. The van der Waals surface area contributed by atoms with Crippen molar-refractivity contribution >= 4 is 23.7 Å². The fourth-order valence-electron chi connectivity index (χ4n) is 1.87. The van der Waals surface area contributed by atoms with E-state index >= 15 is 0 Å². The highest BCUT2D eigenvalue weighted by atomic mass is 32.2. The lowest BCUT2D eigenvalue weighted by atomic mass is 10.4. The number of unbranched alkanes of at least 4 members (excludes halogenated alkanes) is 1. The van der Waals surface area contributed by atoms with Gasteiger partial charge in [-0.3, -0.25) is 9.88 Å². The normalized spacial score (nSPS) is 20.5. The Morgan fingerprint density at radius 1 is 1.70 bits per heavy atom. The number of carbonyl (C=O) groups excluding carboxylic acids is 1. The van der Waals surface area contributed by atoms with Gasteiger partial charge in [0.1, 0.15) is 11.7 Å². The largest absolute Gasteiger partial charge is 0.449 e. The summed E-state index contributed by atoms with van der Waals surface area (Å²) in [4.78, 5) is 26.9. The molecule has 128 valence electrons. The van der Waals surface area contributed by atoms with Crippen LogP contribution in [0.5, 0.6) is 0 Å². The first-order chi connectivity index (χ1) is 11.0. The Labute approximate surface area is 136 Å². The van der Waals surface area contributed by atoms with Crippen molar-refractivity contribution in [3.63, 3.8) is 0 Å². The Balaban J connectivity index is 2.05. The molecule has 8 nitrogen and oxygen atoms in total. The number of anilines is 1. The molecule has 0 aliphatic carbocycles. The molecule has 0 aromatic carbocycles. The second kappa shape index (κ2) is 8.27. The third-order valence-corrected chi connectivity index (χ3v) is 4.16. The minimum atomic E-state index is -0.877. The highest BCUT2D eigenvalue weighted by Crippen LogP contribution is 2.30. The summed E-state index contributed by atoms with van der Waals surface area (Å²) in [6, 6.07) is 0. The molecular formula is C13H18FN3O5S. The van der Waals surface area contributed by atoms with E-state index in [4.69, 9.17) is 14.6 Å². The van der Waals surface area contributed by atoms with E-state index in [0.717, 1.165) is 17.2 Å². The number of carbonyl (C=O) groups is 1. The second-order valence-corrected chi connectivity index (χ2v) is 5.97. The summed E-state index contributed by atoms with van der Waals surface area (Å²) < 4.78 is 25.2. The van der Waals surface area contributed by atoms with Gasteiger partial charge in [-0.25, -0.2) is 14.0 Å². The molecule has 1 aromatic rings. The zero-order chi connectivity index (χ0) is 16.8. The second-order valence-electron chi connectivity index (χ2n) is 4.78. The molecule has 23 heavy (non-hydrogen) atoms. The molecule has 0 saturated carbocycles. The van der Waals surface area contributed by atoms with Crippen LogP contribution < -0.4 is 11.0 Å². The number of rotatable bonds is 6. The van der Waals surface area contributed by atoms with Gasteiger partial charge >= 0.3 is 11.8 Å². The Kier molecular flexibility index (Phi) is 6.37. The van der Waals surface area contributed by atoms with Gasteiger partial charge in [-0.2, -0.15) is 4.98 Å². The molecule has 0 unspecified atom stereocenters. The first-order valence-corrected chi connectivity index (χ1v) is 8.20. The van der Waals surface area contributed by atoms with Crippen LogP contribution in [-0.4, -0.2) is 45.2 Å². The molecule has 1 saturated heterocycles. The fraction of sp³-hybridized carbons (Fsp3) is 0.615. The topological polar surface area (TPSA) is 103 Å². The number of hydrogen-bond donors (Lipinski definition) is 2. The monoisotopic (exact) mass is 347 g/mol. The Morgan fingerprint density at radius 3 is 3.13 bits per heavy atom. The van der Waals surface area contributed by atoms with Crippen LogP contribution in [0, 0.1) is 5.82 Å². The van der Waals surface area contributed by atoms with Gasteiger partial charge in [0.15, 0.2) is 11.6 Å². The summed E-state index contributed by atoms with van der Waals surface area (Å²) in [6.45, 7) is 1.94. The van der Waals surface area contributed by atoms with Crippen molar-refractivity contribution in [1.29, 1.82) is 0 Å². The van der Waals surface area contributed by atoms with Gasteiger partial charge in [0.05, 0.1) is 19.4 Å². The molecule has 1 amide bonds. The average Bonchev–Trinajstić information content (AvgIpc) is 2.99. The van der Waals surface area contributed by atoms with Gasteiger partial charge in [-0.05, 0) is 6.42 Å². The number of amides is 1. The third kappa shape index (κ3) is 4.66. The van der Waals surface area contributed by atoms with Gasteiger partial charge in [0.25, 0.3) is 0 Å². The van der Waals surface area contributed by atoms with Crippen molar-refractivity contribution < 1.29 is 23.8 Å². The molecule has 2 atom stereocenters.